The molecule has 0 radical (unpaired) electrons. The van der Waals surface area contributed by atoms with Gasteiger partial charge in [-0.25, -0.2) is 4.79 Å². The van der Waals surface area contributed by atoms with Gasteiger partial charge in [0.25, 0.3) is 0 Å². The number of carbonyl (C=O) groups is 1. The molecular weight excluding hydrogens is 256 g/mol. The van der Waals surface area contributed by atoms with Crippen molar-refractivity contribution in [3.8, 4) is 11.8 Å². The van der Waals surface area contributed by atoms with Crippen LogP contribution in [0.3, 0.4) is 0 Å². The maximum absolute atomic E-state index is 11.7. The summed E-state index contributed by atoms with van der Waals surface area (Å²) in [6.07, 6.45) is -0.729. The minimum Gasteiger partial charge on any atom is -0.495 e. The highest BCUT2D eigenvalue weighted by Crippen LogP contribution is 2.34. The van der Waals surface area contributed by atoms with E-state index in [0.29, 0.717) is 23.0 Å². The molecule has 0 aliphatic carbocycles. The van der Waals surface area contributed by atoms with Crippen LogP contribution in [0.2, 0.25) is 5.02 Å². The van der Waals surface area contributed by atoms with Crippen LogP contribution in [0.25, 0.3) is 0 Å². The average Bonchev–Trinajstić information content (AvgIpc) is 2.70. The summed E-state index contributed by atoms with van der Waals surface area (Å²) in [5, 5.41) is 9.11. The normalized spacial score (nSPS) is 18.4. The minimum atomic E-state index is -0.490. The molecule has 0 saturated carbocycles. The molecule has 1 unspecified atom stereocenters. The number of anilines is 1. The van der Waals surface area contributed by atoms with Gasteiger partial charge in [-0.3, -0.25) is 4.90 Å². The second kappa shape index (κ2) is 5.15. The number of hydrogen-bond donors (Lipinski definition) is 0. The Morgan fingerprint density at radius 2 is 2.44 bits per heavy atom. The third-order valence-corrected chi connectivity index (χ3v) is 2.86. The van der Waals surface area contributed by atoms with Gasteiger partial charge in [-0.1, -0.05) is 11.6 Å². The van der Waals surface area contributed by atoms with Crippen molar-refractivity contribution in [2.24, 2.45) is 0 Å². The number of halogens is 1. The largest absolute Gasteiger partial charge is 0.495 e. The Morgan fingerprint density at radius 1 is 1.67 bits per heavy atom. The number of cyclic esters (lactones) is 1. The van der Waals surface area contributed by atoms with Crippen LogP contribution >= 0.6 is 11.6 Å². The number of nitrogens with zero attached hydrogens (tertiary/aromatic N) is 2. The molecule has 94 valence electrons. The van der Waals surface area contributed by atoms with E-state index in [9.17, 15) is 4.79 Å². The molecule has 6 heteroatoms. The Hall–Kier alpha value is -1.93. The summed E-state index contributed by atoms with van der Waals surface area (Å²) in [6.45, 7) is 0.323. The summed E-state index contributed by atoms with van der Waals surface area (Å²) in [6, 6.07) is 6.98. The molecule has 5 nitrogen and oxygen atoms in total. The highest BCUT2D eigenvalue weighted by Gasteiger charge is 2.33. The van der Waals surface area contributed by atoms with E-state index in [1.807, 2.05) is 6.07 Å². The van der Waals surface area contributed by atoms with Crippen LogP contribution < -0.4 is 9.64 Å². The molecule has 2 rings (SSSR count). The van der Waals surface area contributed by atoms with E-state index in [0.717, 1.165) is 0 Å². The number of rotatable bonds is 3. The van der Waals surface area contributed by atoms with E-state index in [2.05, 4.69) is 0 Å². The van der Waals surface area contributed by atoms with Gasteiger partial charge in [0.1, 0.15) is 11.9 Å². The summed E-state index contributed by atoms with van der Waals surface area (Å²) >= 11 is 5.91. The molecule has 1 saturated heterocycles. The first-order chi connectivity index (χ1) is 8.65. The lowest BCUT2D eigenvalue weighted by Gasteiger charge is -2.16. The van der Waals surface area contributed by atoms with Gasteiger partial charge in [0.05, 0.1) is 31.8 Å². The van der Waals surface area contributed by atoms with E-state index in [1.165, 1.54) is 12.0 Å². The Kier molecular flexibility index (Phi) is 3.58. The molecule has 0 aromatic heterocycles. The molecule has 1 fully saturated rings. The Bertz CT molecular complexity index is 513. The zero-order valence-corrected chi connectivity index (χ0v) is 10.5. The topological polar surface area (TPSA) is 62.6 Å². The smallest absolute Gasteiger partial charge is 0.414 e. The quantitative estimate of drug-likeness (QED) is 0.844. The molecule has 0 bridgehead atoms. The molecule has 1 amide bonds. The number of nitriles is 1. The van der Waals surface area contributed by atoms with E-state index in [1.54, 1.807) is 18.2 Å². The number of ether oxygens (including phenoxy) is 2. The van der Waals surface area contributed by atoms with Gasteiger partial charge in [-0.05, 0) is 18.2 Å². The molecule has 1 aromatic rings. The maximum Gasteiger partial charge on any atom is 0.414 e. The van der Waals surface area contributed by atoms with Gasteiger partial charge < -0.3 is 9.47 Å². The van der Waals surface area contributed by atoms with Gasteiger partial charge in [0.2, 0.25) is 0 Å². The van der Waals surface area contributed by atoms with Crippen molar-refractivity contribution >= 4 is 23.4 Å². The number of methoxy groups -OCH3 is 1. The molecule has 18 heavy (non-hydrogen) atoms. The first-order valence-electron chi connectivity index (χ1n) is 5.34. The number of benzene rings is 1. The van der Waals surface area contributed by atoms with Gasteiger partial charge in [0, 0.05) is 5.02 Å². The molecule has 1 aliphatic rings. The Morgan fingerprint density at radius 3 is 3.11 bits per heavy atom. The van der Waals surface area contributed by atoms with Crippen LogP contribution in [0.5, 0.6) is 5.75 Å². The Labute approximate surface area is 109 Å². The fourth-order valence-electron chi connectivity index (χ4n) is 1.80. The van der Waals surface area contributed by atoms with Crippen LogP contribution in [-0.4, -0.2) is 25.9 Å². The van der Waals surface area contributed by atoms with Crippen molar-refractivity contribution in [1.29, 1.82) is 5.26 Å². The molecule has 0 N–H and O–H groups in total. The standard InChI is InChI=1S/C12H11ClN2O3/c1-17-11-3-2-8(13)6-10(11)15-7-9(4-5-14)18-12(15)16/h2-3,6,9H,4,7H2,1H3. The molecule has 0 spiro atoms. The summed E-state index contributed by atoms with van der Waals surface area (Å²) in [7, 11) is 1.51. The van der Waals surface area contributed by atoms with E-state index < -0.39 is 12.2 Å². The maximum atomic E-state index is 11.7. The molecular formula is C12H11ClN2O3. The highest BCUT2D eigenvalue weighted by molar-refractivity contribution is 6.31. The van der Waals surface area contributed by atoms with Gasteiger partial charge in [-0.2, -0.15) is 5.26 Å². The van der Waals surface area contributed by atoms with Crippen molar-refractivity contribution in [2.45, 2.75) is 12.5 Å². The average molecular weight is 267 g/mol. The SMILES string of the molecule is COc1ccc(Cl)cc1N1CC(CC#N)OC1=O. The van der Waals surface area contributed by atoms with E-state index in [4.69, 9.17) is 26.3 Å². The molecule has 1 aliphatic heterocycles. The van der Waals surface area contributed by atoms with Crippen LogP contribution in [0, 0.1) is 11.3 Å². The predicted octanol–water partition coefficient (Wildman–Crippen LogP) is 2.59. The highest BCUT2D eigenvalue weighted by atomic mass is 35.5. The van der Waals surface area contributed by atoms with Crippen molar-refractivity contribution in [1.82, 2.24) is 0 Å². The lowest BCUT2D eigenvalue weighted by atomic mass is 10.2. The minimum absolute atomic E-state index is 0.172. The third-order valence-electron chi connectivity index (χ3n) is 2.62. The number of carbonyl (C=O) groups excluding carboxylic acids is 1. The number of hydrogen-bond acceptors (Lipinski definition) is 4. The summed E-state index contributed by atoms with van der Waals surface area (Å²) in [5.74, 6) is 0.536. The fourth-order valence-corrected chi connectivity index (χ4v) is 1.97. The lowest BCUT2D eigenvalue weighted by Crippen LogP contribution is -2.24. The summed E-state index contributed by atoms with van der Waals surface area (Å²) < 4.78 is 10.3. The van der Waals surface area contributed by atoms with Crippen molar-refractivity contribution < 1.29 is 14.3 Å². The van der Waals surface area contributed by atoms with Crippen molar-refractivity contribution in [3.63, 3.8) is 0 Å². The van der Waals surface area contributed by atoms with Crippen LogP contribution in [0.15, 0.2) is 18.2 Å². The molecule has 1 aromatic carbocycles. The van der Waals surface area contributed by atoms with Crippen LogP contribution in [-0.2, 0) is 4.74 Å². The molecule has 1 atom stereocenters. The third kappa shape index (κ3) is 2.34. The van der Waals surface area contributed by atoms with Crippen LogP contribution in [0.1, 0.15) is 6.42 Å². The van der Waals surface area contributed by atoms with Crippen molar-refractivity contribution in [2.75, 3.05) is 18.6 Å². The Balaban J connectivity index is 2.29. The van der Waals surface area contributed by atoms with Gasteiger partial charge in [0.15, 0.2) is 0 Å². The van der Waals surface area contributed by atoms with Crippen molar-refractivity contribution in [3.05, 3.63) is 23.2 Å². The zero-order chi connectivity index (χ0) is 13.1. The first kappa shape index (κ1) is 12.5. The van der Waals surface area contributed by atoms with Gasteiger partial charge >= 0.3 is 6.09 Å². The summed E-state index contributed by atoms with van der Waals surface area (Å²) in [4.78, 5) is 13.2. The summed E-state index contributed by atoms with van der Waals surface area (Å²) in [5.41, 5.74) is 0.551. The molecule has 1 heterocycles. The first-order valence-corrected chi connectivity index (χ1v) is 5.72. The number of amides is 1. The predicted molar refractivity (Wildman–Crippen MR) is 65.8 cm³/mol. The van der Waals surface area contributed by atoms with Crippen LogP contribution in [0.4, 0.5) is 10.5 Å². The second-order valence-electron chi connectivity index (χ2n) is 3.79. The van der Waals surface area contributed by atoms with E-state index >= 15 is 0 Å². The lowest BCUT2D eigenvalue weighted by molar-refractivity contribution is 0.143. The monoisotopic (exact) mass is 266 g/mol. The second-order valence-corrected chi connectivity index (χ2v) is 4.23. The zero-order valence-electron chi connectivity index (χ0n) is 9.72. The van der Waals surface area contributed by atoms with Gasteiger partial charge in [-0.15, -0.1) is 0 Å². The van der Waals surface area contributed by atoms with E-state index in [-0.39, 0.29) is 6.42 Å². The fraction of sp³-hybridized carbons (Fsp3) is 0.333.